The van der Waals surface area contributed by atoms with Gasteiger partial charge in [0.15, 0.2) is 16.7 Å². The lowest BCUT2D eigenvalue weighted by atomic mass is 10.3. The van der Waals surface area contributed by atoms with Gasteiger partial charge in [-0.2, -0.15) is 0 Å². The number of carbonyl (C=O) groups excluding carboxylic acids is 2. The van der Waals surface area contributed by atoms with E-state index >= 15 is 0 Å². The fraction of sp³-hybridized carbons (Fsp3) is 0.222. The number of nitrogens with zero attached hydrogens (tertiary/aromatic N) is 3. The maximum Gasteiger partial charge on any atom is 0.237 e. The van der Waals surface area contributed by atoms with Crippen LogP contribution in [0.15, 0.2) is 52.2 Å². The summed E-state index contributed by atoms with van der Waals surface area (Å²) in [5, 5.41) is 10.6. The summed E-state index contributed by atoms with van der Waals surface area (Å²) in [6.07, 6.45) is 1.58. The molecule has 28 heavy (non-hydrogen) atoms. The second-order valence-corrected chi connectivity index (χ2v) is 7.19. The molecule has 0 saturated carbocycles. The number of hydrogen-bond acceptors (Lipinski definition) is 6. The summed E-state index contributed by atoms with van der Waals surface area (Å²) in [6.45, 7) is 1.91. The van der Waals surface area contributed by atoms with Gasteiger partial charge in [0.25, 0.3) is 0 Å². The third kappa shape index (κ3) is 4.58. The molecule has 146 valence electrons. The number of thioether (sulfide) groups is 1. The number of para-hydroxylation sites is 1. The van der Waals surface area contributed by atoms with Gasteiger partial charge in [-0.25, -0.2) is 4.39 Å². The van der Waals surface area contributed by atoms with Gasteiger partial charge < -0.3 is 15.5 Å². The summed E-state index contributed by atoms with van der Waals surface area (Å²) in [6, 6.07) is 9.35. The van der Waals surface area contributed by atoms with Crippen LogP contribution in [0.3, 0.4) is 0 Å². The average Bonchev–Trinajstić information content (AvgIpc) is 3.31. The van der Waals surface area contributed by atoms with Crippen LogP contribution in [-0.4, -0.2) is 31.8 Å². The first-order valence-electron chi connectivity index (χ1n) is 8.43. The molecule has 2 amide bonds. The summed E-state index contributed by atoms with van der Waals surface area (Å²) in [4.78, 5) is 23.6. The molecule has 3 N–H and O–H groups in total. The van der Waals surface area contributed by atoms with Gasteiger partial charge in [0.1, 0.15) is 5.82 Å². The lowest BCUT2D eigenvalue weighted by Gasteiger charge is -2.13. The van der Waals surface area contributed by atoms with Crippen molar-refractivity contribution in [1.29, 1.82) is 0 Å². The van der Waals surface area contributed by atoms with Crippen LogP contribution >= 0.6 is 11.8 Å². The molecule has 0 saturated heterocycles. The zero-order chi connectivity index (χ0) is 20.1. The van der Waals surface area contributed by atoms with Crippen LogP contribution in [0.25, 0.3) is 11.6 Å². The van der Waals surface area contributed by atoms with Gasteiger partial charge in [0.05, 0.1) is 17.2 Å². The highest BCUT2D eigenvalue weighted by molar-refractivity contribution is 8.00. The highest BCUT2D eigenvalue weighted by atomic mass is 32.2. The number of nitrogens with one attached hydrogen (secondary N) is 1. The monoisotopic (exact) mass is 403 g/mol. The van der Waals surface area contributed by atoms with E-state index in [4.69, 9.17) is 10.2 Å². The summed E-state index contributed by atoms with van der Waals surface area (Å²) < 4.78 is 20.8. The lowest BCUT2D eigenvalue weighted by molar-refractivity contribution is -0.118. The summed E-state index contributed by atoms with van der Waals surface area (Å²) >= 11 is 1.13. The number of primary amides is 1. The molecule has 10 heteroatoms. The van der Waals surface area contributed by atoms with E-state index in [0.717, 1.165) is 11.8 Å². The maximum absolute atomic E-state index is 13.7. The smallest absolute Gasteiger partial charge is 0.237 e. The Bertz CT molecular complexity index is 974. The second-order valence-electron chi connectivity index (χ2n) is 5.88. The van der Waals surface area contributed by atoms with Crippen LogP contribution in [-0.2, 0) is 16.1 Å². The molecule has 0 spiro atoms. The Hall–Kier alpha value is -3.14. The van der Waals surface area contributed by atoms with Crippen molar-refractivity contribution in [2.24, 2.45) is 5.73 Å². The molecule has 3 aromatic rings. The van der Waals surface area contributed by atoms with Gasteiger partial charge in [-0.15, -0.1) is 10.2 Å². The number of aromatic nitrogens is 3. The minimum Gasteiger partial charge on any atom is -0.461 e. The van der Waals surface area contributed by atoms with Gasteiger partial charge in [-0.3, -0.25) is 14.2 Å². The van der Waals surface area contributed by atoms with Gasteiger partial charge in [0.2, 0.25) is 11.8 Å². The van der Waals surface area contributed by atoms with Crippen LogP contribution in [0.4, 0.5) is 10.1 Å². The zero-order valence-electron chi connectivity index (χ0n) is 15.0. The van der Waals surface area contributed by atoms with Crippen LogP contribution in [0.1, 0.15) is 13.3 Å². The van der Waals surface area contributed by atoms with E-state index in [0.29, 0.717) is 16.7 Å². The number of furan rings is 1. The van der Waals surface area contributed by atoms with Gasteiger partial charge in [0, 0.05) is 13.0 Å². The van der Waals surface area contributed by atoms with Crippen molar-refractivity contribution in [2.75, 3.05) is 5.32 Å². The van der Waals surface area contributed by atoms with E-state index < -0.39 is 17.0 Å². The average molecular weight is 403 g/mol. The summed E-state index contributed by atoms with van der Waals surface area (Å²) in [5.41, 5.74) is 5.36. The van der Waals surface area contributed by atoms with Gasteiger partial charge in [-0.1, -0.05) is 23.9 Å². The molecule has 0 aliphatic rings. The number of amides is 2. The zero-order valence-corrected chi connectivity index (χ0v) is 15.8. The van der Waals surface area contributed by atoms with Crippen LogP contribution < -0.4 is 11.1 Å². The van der Waals surface area contributed by atoms with Crippen molar-refractivity contribution in [2.45, 2.75) is 30.3 Å². The lowest BCUT2D eigenvalue weighted by Crippen LogP contribution is -2.23. The fourth-order valence-corrected chi connectivity index (χ4v) is 3.27. The quantitative estimate of drug-likeness (QED) is 0.559. The first-order chi connectivity index (χ1) is 13.5. The standard InChI is InChI=1S/C18H18FN5O3S/c1-11(17(26)21-13-6-3-2-5-12(13)19)28-18-23-22-16(14-7-4-10-27-14)24(18)9-8-15(20)25/h2-7,10-11H,8-9H2,1H3,(H2,20,25)(H,21,26)/t11-/m0/s1. The van der Waals surface area contributed by atoms with Crippen LogP contribution in [0, 0.1) is 5.82 Å². The number of benzene rings is 1. The second kappa shape index (κ2) is 8.70. The number of carbonyl (C=O) groups is 2. The molecule has 0 bridgehead atoms. The minimum atomic E-state index is -0.597. The van der Waals surface area contributed by atoms with E-state index in [-0.39, 0.29) is 24.6 Å². The number of rotatable bonds is 8. The first-order valence-corrected chi connectivity index (χ1v) is 9.31. The predicted molar refractivity (Wildman–Crippen MR) is 102 cm³/mol. The molecule has 0 unspecified atom stereocenters. The SMILES string of the molecule is C[C@H](Sc1nnc(-c2ccco2)n1CCC(N)=O)C(=O)Nc1ccccc1F. The fourth-order valence-electron chi connectivity index (χ4n) is 2.40. The Kier molecular flexibility index (Phi) is 6.09. The third-order valence-corrected chi connectivity index (χ3v) is 4.90. The number of anilines is 1. The molecule has 0 radical (unpaired) electrons. The summed E-state index contributed by atoms with van der Waals surface area (Å²) in [5.74, 6) is -0.472. The molecule has 3 rings (SSSR count). The van der Waals surface area contributed by atoms with Gasteiger partial charge in [-0.05, 0) is 31.2 Å². The normalized spacial score (nSPS) is 11.9. The molecular weight excluding hydrogens is 385 g/mol. The molecule has 0 aliphatic carbocycles. The molecular formula is C18H18FN5O3S. The van der Waals surface area contributed by atoms with Crippen molar-refractivity contribution in [3.63, 3.8) is 0 Å². The molecule has 0 fully saturated rings. The largest absolute Gasteiger partial charge is 0.461 e. The number of halogens is 1. The number of nitrogens with two attached hydrogens (primary N) is 1. The molecule has 0 aliphatic heterocycles. The Morgan fingerprint density at radius 1 is 1.29 bits per heavy atom. The van der Waals surface area contributed by atoms with E-state index in [1.165, 1.54) is 18.4 Å². The Labute approximate surface area is 164 Å². The van der Waals surface area contributed by atoms with Gasteiger partial charge >= 0.3 is 0 Å². The molecule has 2 heterocycles. The van der Waals surface area contributed by atoms with E-state index in [1.807, 2.05) is 0 Å². The Morgan fingerprint density at radius 2 is 2.07 bits per heavy atom. The van der Waals surface area contributed by atoms with Crippen LogP contribution in [0.2, 0.25) is 0 Å². The van der Waals surface area contributed by atoms with E-state index in [1.54, 1.807) is 35.8 Å². The highest BCUT2D eigenvalue weighted by Gasteiger charge is 2.22. The van der Waals surface area contributed by atoms with Crippen molar-refractivity contribution >= 4 is 29.3 Å². The van der Waals surface area contributed by atoms with Crippen molar-refractivity contribution in [3.05, 3.63) is 48.5 Å². The molecule has 8 nitrogen and oxygen atoms in total. The predicted octanol–water partition coefficient (Wildman–Crippen LogP) is 2.67. The Balaban J connectivity index is 1.78. The maximum atomic E-state index is 13.7. The molecule has 1 atom stereocenters. The van der Waals surface area contributed by atoms with Crippen molar-refractivity contribution < 1.29 is 18.4 Å². The number of hydrogen-bond donors (Lipinski definition) is 2. The Morgan fingerprint density at radius 3 is 2.75 bits per heavy atom. The van der Waals surface area contributed by atoms with Crippen molar-refractivity contribution in [1.82, 2.24) is 14.8 Å². The van der Waals surface area contributed by atoms with E-state index in [9.17, 15) is 14.0 Å². The van der Waals surface area contributed by atoms with E-state index in [2.05, 4.69) is 15.5 Å². The minimum absolute atomic E-state index is 0.0785. The first kappa shape index (κ1) is 19.6. The molecule has 2 aromatic heterocycles. The third-order valence-electron chi connectivity index (χ3n) is 3.82. The van der Waals surface area contributed by atoms with Crippen LogP contribution in [0.5, 0.6) is 0 Å². The molecule has 1 aromatic carbocycles. The van der Waals surface area contributed by atoms with Crippen molar-refractivity contribution in [3.8, 4) is 11.6 Å². The topological polar surface area (TPSA) is 116 Å². The highest BCUT2D eigenvalue weighted by Crippen LogP contribution is 2.28. The summed E-state index contributed by atoms with van der Waals surface area (Å²) in [7, 11) is 0.